The van der Waals surface area contributed by atoms with Crippen LogP contribution in [0.4, 0.5) is 4.39 Å². The molecule has 1 saturated heterocycles. The van der Waals surface area contributed by atoms with Crippen LogP contribution in [0.1, 0.15) is 27.0 Å². The SMILES string of the molecule is BC(B)(O[PH](=O)N[C@@H](C)C(=O)OC(C)C)C1O[C@@H](n2ncc(=O)[nH]c2=O)[C@@](F)(C#C)C1O. The molecule has 2 rings (SSSR count). The van der Waals surface area contributed by atoms with Crippen molar-refractivity contribution in [2.24, 2.45) is 0 Å². The number of rotatable bonds is 8. The van der Waals surface area contributed by atoms with Crippen molar-refractivity contribution in [1.82, 2.24) is 19.9 Å². The Morgan fingerprint density at radius 2 is 2.16 bits per heavy atom. The molecule has 3 N–H and O–H groups in total. The largest absolute Gasteiger partial charge is 0.462 e. The van der Waals surface area contributed by atoms with E-state index in [-0.39, 0.29) is 6.10 Å². The molecular weight excluding hydrogens is 448 g/mol. The third kappa shape index (κ3) is 5.39. The maximum atomic E-state index is 15.5. The number of esters is 1. The van der Waals surface area contributed by atoms with Gasteiger partial charge in [0.15, 0.2) is 0 Å². The van der Waals surface area contributed by atoms with Gasteiger partial charge < -0.3 is 19.1 Å². The van der Waals surface area contributed by atoms with E-state index in [0.717, 1.165) is 0 Å². The lowest BCUT2D eigenvalue weighted by Crippen LogP contribution is -2.53. The number of carbonyl (C=O) groups excluding carboxylic acids is 1. The number of terminal acetylenes is 1. The smallest absolute Gasteiger partial charge is 0.347 e. The Bertz CT molecular complexity index is 1040. The molecule has 3 unspecified atom stereocenters. The van der Waals surface area contributed by atoms with Crippen LogP contribution in [0.3, 0.4) is 0 Å². The van der Waals surface area contributed by atoms with Crippen LogP contribution in [-0.4, -0.2) is 77.0 Å². The Morgan fingerprint density at radius 1 is 1.53 bits per heavy atom. The average molecular weight is 472 g/mol. The summed E-state index contributed by atoms with van der Waals surface area (Å²) >= 11 is 0. The van der Waals surface area contributed by atoms with E-state index >= 15 is 4.39 Å². The molecule has 16 heteroatoms. The van der Waals surface area contributed by atoms with Gasteiger partial charge in [-0.3, -0.25) is 19.1 Å². The number of ether oxygens (including phenoxy) is 2. The predicted molar refractivity (Wildman–Crippen MR) is 115 cm³/mol. The van der Waals surface area contributed by atoms with Gasteiger partial charge in [-0.15, -0.1) is 6.42 Å². The van der Waals surface area contributed by atoms with Crippen LogP contribution >= 0.6 is 8.18 Å². The molecule has 1 aliphatic rings. The molecule has 0 radical (unpaired) electrons. The van der Waals surface area contributed by atoms with Crippen molar-refractivity contribution in [3.05, 3.63) is 27.0 Å². The van der Waals surface area contributed by atoms with Crippen LogP contribution < -0.4 is 16.3 Å². The first-order valence-corrected chi connectivity index (χ1v) is 10.9. The van der Waals surface area contributed by atoms with Gasteiger partial charge >= 0.3 is 11.7 Å². The summed E-state index contributed by atoms with van der Waals surface area (Å²) in [6.45, 7) is 4.72. The van der Waals surface area contributed by atoms with Crippen LogP contribution in [0, 0.1) is 12.3 Å². The van der Waals surface area contributed by atoms with Gasteiger partial charge in [-0.25, -0.2) is 14.3 Å². The number of carbonyl (C=O) groups is 1. The second-order valence-electron chi connectivity index (χ2n) is 7.99. The normalized spacial score (nSPS) is 27.6. The van der Waals surface area contributed by atoms with E-state index in [1.165, 1.54) is 22.6 Å². The maximum Gasteiger partial charge on any atom is 0.347 e. The number of aromatic nitrogens is 3. The summed E-state index contributed by atoms with van der Waals surface area (Å²) in [6.07, 6.45) is 0.165. The average Bonchev–Trinajstić information content (AvgIpc) is 2.93. The highest BCUT2D eigenvalue weighted by Crippen LogP contribution is 2.44. The number of aliphatic hydroxyl groups excluding tert-OH is 1. The fourth-order valence-electron chi connectivity index (χ4n) is 3.04. The quantitative estimate of drug-likeness (QED) is 0.152. The fraction of sp³-hybridized carbons (Fsp3) is 0.625. The Balaban J connectivity index is 2.23. The van der Waals surface area contributed by atoms with Crippen LogP contribution in [0.2, 0.25) is 0 Å². The number of nitrogens with one attached hydrogen (secondary N) is 2. The lowest BCUT2D eigenvalue weighted by atomic mass is 9.60. The molecule has 6 atom stereocenters. The zero-order valence-electron chi connectivity index (χ0n) is 18.1. The van der Waals surface area contributed by atoms with Gasteiger partial charge in [-0.1, -0.05) is 5.92 Å². The Kier molecular flexibility index (Phi) is 7.91. The summed E-state index contributed by atoms with van der Waals surface area (Å²) in [7, 11) is -0.418. The molecule has 32 heavy (non-hydrogen) atoms. The summed E-state index contributed by atoms with van der Waals surface area (Å²) in [4.78, 5) is 37.1. The highest BCUT2D eigenvalue weighted by Gasteiger charge is 2.62. The molecule has 0 aliphatic carbocycles. The van der Waals surface area contributed by atoms with E-state index in [0.29, 0.717) is 10.9 Å². The van der Waals surface area contributed by atoms with E-state index in [1.54, 1.807) is 19.8 Å². The maximum absolute atomic E-state index is 15.5. The second-order valence-corrected chi connectivity index (χ2v) is 9.06. The monoisotopic (exact) mass is 472 g/mol. The molecule has 0 saturated carbocycles. The Hall–Kier alpha value is -2.23. The van der Waals surface area contributed by atoms with Crippen molar-refractivity contribution in [3.63, 3.8) is 0 Å². The minimum Gasteiger partial charge on any atom is -0.462 e. The molecule has 2 heterocycles. The standard InChI is InChI=1S/C16H24B2FN4O8P/c1-5-15(19)10(25)11(30-13(15)23-14(27)21-9(24)6-20-23)16(17,18)31-32(28)22-8(4)12(26)29-7(2)3/h1,6-8,10-11,13,25,32H,17-18H2,2-4H3,(H,22,28)(H,21,24,27)/t8-,10?,11?,13+,15+/m0/s1. The molecule has 1 fully saturated rings. The van der Waals surface area contributed by atoms with Gasteiger partial charge in [0.05, 0.1) is 6.10 Å². The lowest BCUT2D eigenvalue weighted by Gasteiger charge is -2.33. The lowest BCUT2D eigenvalue weighted by molar-refractivity contribution is -0.149. The molecule has 12 nitrogen and oxygen atoms in total. The molecule has 1 aromatic rings. The van der Waals surface area contributed by atoms with Crippen molar-refractivity contribution in [3.8, 4) is 12.3 Å². The number of hydrogen-bond donors (Lipinski definition) is 3. The van der Waals surface area contributed by atoms with E-state index in [4.69, 9.17) is 20.4 Å². The van der Waals surface area contributed by atoms with E-state index in [2.05, 4.69) is 10.2 Å². The first-order chi connectivity index (χ1) is 14.7. The molecule has 0 spiro atoms. The highest BCUT2D eigenvalue weighted by molar-refractivity contribution is 7.37. The van der Waals surface area contributed by atoms with Crippen molar-refractivity contribution in [1.29, 1.82) is 0 Å². The molecule has 1 aliphatic heterocycles. The number of hydrogen-bond acceptors (Lipinski definition) is 9. The Morgan fingerprint density at radius 3 is 2.69 bits per heavy atom. The van der Waals surface area contributed by atoms with Crippen molar-refractivity contribution in [2.45, 2.75) is 62.4 Å². The number of halogens is 1. The van der Waals surface area contributed by atoms with Crippen molar-refractivity contribution < 1.29 is 32.9 Å². The van der Waals surface area contributed by atoms with Crippen LogP contribution in [0.15, 0.2) is 15.8 Å². The summed E-state index contributed by atoms with van der Waals surface area (Å²) in [5, 5.41) is 14.9. The van der Waals surface area contributed by atoms with Gasteiger partial charge in [0, 0.05) is 5.40 Å². The fourth-order valence-corrected chi connectivity index (χ4v) is 4.16. The Labute approximate surface area is 184 Å². The van der Waals surface area contributed by atoms with Crippen molar-refractivity contribution in [2.75, 3.05) is 0 Å². The number of aromatic amines is 1. The second kappa shape index (κ2) is 9.72. The number of nitrogens with zero attached hydrogens (tertiary/aromatic N) is 2. The summed E-state index contributed by atoms with van der Waals surface area (Å²) in [6, 6.07) is -0.975. The zero-order chi connectivity index (χ0) is 24.4. The van der Waals surface area contributed by atoms with Gasteiger partial charge in [0.1, 0.15) is 40.1 Å². The van der Waals surface area contributed by atoms with E-state index < -0.39 is 60.9 Å². The minimum atomic E-state index is -3.12. The predicted octanol–water partition coefficient (Wildman–Crippen LogP) is -3.21. The number of H-pyrrole nitrogens is 1. The van der Waals surface area contributed by atoms with Crippen molar-refractivity contribution >= 4 is 29.8 Å². The van der Waals surface area contributed by atoms with Gasteiger partial charge in [0.2, 0.25) is 11.9 Å². The first kappa shape index (κ1) is 26.0. The third-order valence-corrected chi connectivity index (χ3v) is 5.99. The summed E-state index contributed by atoms with van der Waals surface area (Å²) < 4.78 is 44.4. The third-order valence-electron chi connectivity index (χ3n) is 4.61. The number of alkyl halides is 1. The topological polar surface area (TPSA) is 162 Å². The first-order valence-electron chi connectivity index (χ1n) is 9.61. The molecule has 0 aromatic carbocycles. The van der Waals surface area contributed by atoms with Gasteiger partial charge in [-0.2, -0.15) is 9.78 Å². The van der Waals surface area contributed by atoms with Gasteiger partial charge in [0.25, 0.3) is 13.7 Å². The molecule has 174 valence electrons. The zero-order valence-corrected chi connectivity index (χ0v) is 19.1. The molecule has 1 aromatic heterocycles. The highest BCUT2D eigenvalue weighted by atomic mass is 31.1. The van der Waals surface area contributed by atoms with Crippen LogP contribution in [-0.2, 0) is 23.4 Å². The van der Waals surface area contributed by atoms with Crippen LogP contribution in [0.25, 0.3) is 0 Å². The molecule has 0 bridgehead atoms. The van der Waals surface area contributed by atoms with Crippen LogP contribution in [0.5, 0.6) is 0 Å². The molecule has 0 amide bonds. The van der Waals surface area contributed by atoms with E-state index in [9.17, 15) is 24.1 Å². The molecular formula is C16H24B2FN4O8P. The summed E-state index contributed by atoms with van der Waals surface area (Å²) in [5.41, 5.74) is -4.87. The minimum absolute atomic E-state index is 0.378. The van der Waals surface area contributed by atoms with Gasteiger partial charge in [-0.05, 0) is 20.8 Å². The summed E-state index contributed by atoms with van der Waals surface area (Å²) in [5.74, 6) is 1.11. The number of aliphatic hydroxyl groups is 1. The van der Waals surface area contributed by atoms with E-state index in [1.807, 2.05) is 4.98 Å².